The smallest absolute Gasteiger partial charge is 0.258 e. The Morgan fingerprint density at radius 1 is 1.26 bits per heavy atom. The summed E-state index contributed by atoms with van der Waals surface area (Å²) in [6.07, 6.45) is 8.69. The van der Waals surface area contributed by atoms with Crippen LogP contribution >= 0.6 is 15.9 Å². The predicted molar refractivity (Wildman–Crippen MR) is 81.4 cm³/mol. The standard InChI is InChI=1S/C15H18BrNO2/c16-11-14(13-4-2-1-3-5-13)10-12-6-8-15(9-7-12)17(18)19/h6-10,13H,1-5,11H2. The zero-order valence-electron chi connectivity index (χ0n) is 10.8. The predicted octanol–water partition coefficient (Wildman–Crippen LogP) is 4.95. The number of benzene rings is 1. The Balaban J connectivity index is 2.14. The summed E-state index contributed by atoms with van der Waals surface area (Å²) in [7, 11) is 0. The summed E-state index contributed by atoms with van der Waals surface area (Å²) in [5.74, 6) is 0.670. The highest BCUT2D eigenvalue weighted by atomic mass is 79.9. The van der Waals surface area contributed by atoms with Gasteiger partial charge in [-0.3, -0.25) is 10.1 Å². The van der Waals surface area contributed by atoms with Gasteiger partial charge in [0.2, 0.25) is 0 Å². The molecule has 0 heterocycles. The van der Waals surface area contributed by atoms with E-state index in [1.54, 1.807) is 12.1 Å². The van der Waals surface area contributed by atoms with Crippen LogP contribution in [0.5, 0.6) is 0 Å². The van der Waals surface area contributed by atoms with E-state index in [2.05, 4.69) is 22.0 Å². The van der Waals surface area contributed by atoms with E-state index in [0.29, 0.717) is 5.92 Å². The van der Waals surface area contributed by atoms with Gasteiger partial charge in [-0.2, -0.15) is 0 Å². The molecule has 102 valence electrons. The fourth-order valence-electron chi connectivity index (χ4n) is 2.65. The van der Waals surface area contributed by atoms with Gasteiger partial charge in [-0.25, -0.2) is 0 Å². The molecule has 0 bridgehead atoms. The topological polar surface area (TPSA) is 43.1 Å². The second-order valence-electron chi connectivity index (χ2n) is 5.04. The zero-order valence-corrected chi connectivity index (χ0v) is 12.4. The lowest BCUT2D eigenvalue weighted by molar-refractivity contribution is -0.384. The molecule has 0 radical (unpaired) electrons. The summed E-state index contributed by atoms with van der Waals surface area (Å²) in [6, 6.07) is 6.78. The van der Waals surface area contributed by atoms with Crippen LogP contribution in [0.2, 0.25) is 0 Å². The minimum atomic E-state index is -0.361. The van der Waals surface area contributed by atoms with Gasteiger partial charge < -0.3 is 0 Å². The monoisotopic (exact) mass is 323 g/mol. The number of non-ortho nitro benzene ring substituents is 1. The maximum absolute atomic E-state index is 10.6. The van der Waals surface area contributed by atoms with E-state index >= 15 is 0 Å². The minimum Gasteiger partial charge on any atom is -0.258 e. The van der Waals surface area contributed by atoms with Crippen molar-refractivity contribution in [2.75, 3.05) is 5.33 Å². The van der Waals surface area contributed by atoms with E-state index < -0.39 is 0 Å². The third-order valence-electron chi connectivity index (χ3n) is 3.74. The number of nitrogens with zero attached hydrogens (tertiary/aromatic N) is 1. The lowest BCUT2D eigenvalue weighted by atomic mass is 9.84. The quantitative estimate of drug-likeness (QED) is 0.447. The highest BCUT2D eigenvalue weighted by Gasteiger charge is 2.17. The van der Waals surface area contributed by atoms with Gasteiger partial charge in [0, 0.05) is 17.5 Å². The molecule has 0 N–H and O–H groups in total. The lowest BCUT2D eigenvalue weighted by Crippen LogP contribution is -2.10. The van der Waals surface area contributed by atoms with Crippen molar-refractivity contribution >= 4 is 27.7 Å². The van der Waals surface area contributed by atoms with Crippen molar-refractivity contribution in [3.8, 4) is 0 Å². The van der Waals surface area contributed by atoms with Gasteiger partial charge >= 0.3 is 0 Å². The molecular formula is C15H18BrNO2. The first-order valence-electron chi connectivity index (χ1n) is 6.71. The van der Waals surface area contributed by atoms with Crippen LogP contribution in [0.25, 0.3) is 6.08 Å². The first kappa shape index (κ1) is 14.3. The van der Waals surface area contributed by atoms with Crippen molar-refractivity contribution in [2.45, 2.75) is 32.1 Å². The summed E-state index contributed by atoms with van der Waals surface area (Å²) in [4.78, 5) is 10.3. The van der Waals surface area contributed by atoms with E-state index in [0.717, 1.165) is 10.9 Å². The van der Waals surface area contributed by atoms with Gasteiger partial charge in [0.25, 0.3) is 5.69 Å². The van der Waals surface area contributed by atoms with Gasteiger partial charge in [-0.15, -0.1) is 0 Å². The minimum absolute atomic E-state index is 0.148. The average molecular weight is 324 g/mol. The molecule has 1 aliphatic carbocycles. The zero-order chi connectivity index (χ0) is 13.7. The van der Waals surface area contributed by atoms with Crippen LogP contribution < -0.4 is 0 Å². The molecule has 0 aliphatic heterocycles. The summed E-state index contributed by atoms with van der Waals surface area (Å²) >= 11 is 3.57. The third kappa shape index (κ3) is 3.90. The van der Waals surface area contributed by atoms with Crippen molar-refractivity contribution in [2.24, 2.45) is 5.92 Å². The van der Waals surface area contributed by atoms with Crippen LogP contribution in [0.15, 0.2) is 29.8 Å². The molecule has 1 saturated carbocycles. The van der Waals surface area contributed by atoms with Crippen LogP contribution in [-0.4, -0.2) is 10.3 Å². The van der Waals surface area contributed by atoms with Crippen LogP contribution in [0.3, 0.4) is 0 Å². The number of allylic oxidation sites excluding steroid dienone is 1. The highest BCUT2D eigenvalue weighted by Crippen LogP contribution is 2.31. The van der Waals surface area contributed by atoms with Crippen LogP contribution in [-0.2, 0) is 0 Å². The summed E-state index contributed by atoms with van der Waals surface area (Å²) in [5.41, 5.74) is 2.61. The Labute approximate surface area is 122 Å². The third-order valence-corrected chi connectivity index (χ3v) is 4.39. The van der Waals surface area contributed by atoms with E-state index in [-0.39, 0.29) is 10.6 Å². The number of hydrogen-bond donors (Lipinski definition) is 0. The largest absolute Gasteiger partial charge is 0.269 e. The maximum atomic E-state index is 10.6. The lowest BCUT2D eigenvalue weighted by Gasteiger charge is -2.23. The van der Waals surface area contributed by atoms with Crippen LogP contribution in [0.4, 0.5) is 5.69 Å². The summed E-state index contributed by atoms with van der Waals surface area (Å²) in [5, 5.41) is 11.5. The first-order chi connectivity index (χ1) is 9.20. The second-order valence-corrected chi connectivity index (χ2v) is 5.60. The van der Waals surface area contributed by atoms with E-state index in [4.69, 9.17) is 0 Å². The molecule has 1 fully saturated rings. The molecule has 1 aromatic rings. The molecule has 4 heteroatoms. The normalized spacial score (nSPS) is 17.4. The Bertz CT molecular complexity index is 462. The van der Waals surface area contributed by atoms with E-state index in [9.17, 15) is 10.1 Å². The number of halogens is 1. The molecule has 0 unspecified atom stereocenters. The van der Waals surface area contributed by atoms with Crippen molar-refractivity contribution < 1.29 is 4.92 Å². The molecule has 3 nitrogen and oxygen atoms in total. The SMILES string of the molecule is O=[N+]([O-])c1ccc(C=C(CBr)C2CCCCC2)cc1. The van der Waals surface area contributed by atoms with Gasteiger partial charge in [0.1, 0.15) is 0 Å². The van der Waals surface area contributed by atoms with E-state index in [1.807, 2.05) is 12.1 Å². The van der Waals surface area contributed by atoms with Gasteiger partial charge in [0.05, 0.1) is 4.92 Å². The molecule has 19 heavy (non-hydrogen) atoms. The van der Waals surface area contributed by atoms with Crippen LogP contribution in [0, 0.1) is 16.0 Å². The summed E-state index contributed by atoms with van der Waals surface area (Å²) in [6.45, 7) is 0. The molecule has 0 aromatic heterocycles. The number of alkyl halides is 1. The van der Waals surface area contributed by atoms with Crippen molar-refractivity contribution in [1.29, 1.82) is 0 Å². The highest BCUT2D eigenvalue weighted by molar-refractivity contribution is 9.09. The first-order valence-corrected chi connectivity index (χ1v) is 7.83. The molecule has 2 rings (SSSR count). The number of nitro benzene ring substituents is 1. The summed E-state index contributed by atoms with van der Waals surface area (Å²) < 4.78 is 0. The number of nitro groups is 1. The fourth-order valence-corrected chi connectivity index (χ4v) is 3.26. The molecule has 0 amide bonds. The fraction of sp³-hybridized carbons (Fsp3) is 0.467. The van der Waals surface area contributed by atoms with Gasteiger partial charge in [0.15, 0.2) is 0 Å². The van der Waals surface area contributed by atoms with Crippen LogP contribution in [0.1, 0.15) is 37.7 Å². The Morgan fingerprint density at radius 3 is 2.42 bits per heavy atom. The molecule has 1 aromatic carbocycles. The number of rotatable bonds is 4. The molecule has 0 spiro atoms. The Hall–Kier alpha value is -1.16. The molecule has 0 saturated heterocycles. The van der Waals surface area contributed by atoms with E-state index in [1.165, 1.54) is 37.7 Å². The van der Waals surface area contributed by atoms with Crippen molar-refractivity contribution in [3.05, 3.63) is 45.5 Å². The Kier molecular flexibility index (Phi) is 5.14. The maximum Gasteiger partial charge on any atom is 0.269 e. The second kappa shape index (κ2) is 6.85. The number of hydrogen-bond acceptors (Lipinski definition) is 2. The molecular weight excluding hydrogens is 306 g/mol. The molecule has 1 aliphatic rings. The van der Waals surface area contributed by atoms with Crippen molar-refractivity contribution in [3.63, 3.8) is 0 Å². The molecule has 0 atom stereocenters. The Morgan fingerprint density at radius 2 is 1.89 bits per heavy atom. The van der Waals surface area contributed by atoms with Crippen molar-refractivity contribution in [1.82, 2.24) is 0 Å². The van der Waals surface area contributed by atoms with Gasteiger partial charge in [-0.05, 0) is 36.5 Å². The van der Waals surface area contributed by atoms with Gasteiger partial charge in [-0.1, -0.05) is 46.8 Å². The average Bonchev–Trinajstić information content (AvgIpc) is 2.46.